The molecule has 10 heteroatoms. The number of aromatic nitrogens is 3. The summed E-state index contributed by atoms with van der Waals surface area (Å²) in [6.07, 6.45) is 6.08. The molecule has 3 heterocycles. The van der Waals surface area contributed by atoms with Crippen LogP contribution in [0.25, 0.3) is 5.82 Å². The molecule has 3 aromatic rings. The van der Waals surface area contributed by atoms with Crippen molar-refractivity contribution >= 4 is 21.7 Å². The van der Waals surface area contributed by atoms with Crippen LogP contribution in [-0.2, 0) is 10.0 Å². The molecule has 2 atom stereocenters. The van der Waals surface area contributed by atoms with Crippen LogP contribution < -0.4 is 14.4 Å². The molecular formula is C28H35N5O4S. The molecule has 202 valence electrons. The number of nitrogens with zero attached hydrogens (tertiary/aromatic N) is 4. The Morgan fingerprint density at radius 2 is 1.87 bits per heavy atom. The average Bonchev–Trinajstić information content (AvgIpc) is 3.58. The van der Waals surface area contributed by atoms with Gasteiger partial charge in [0.1, 0.15) is 11.9 Å². The Bertz CT molecular complexity index is 1420. The number of hydrogen-bond acceptors (Lipinski definition) is 7. The maximum absolute atomic E-state index is 13.5. The van der Waals surface area contributed by atoms with Crippen molar-refractivity contribution in [2.45, 2.75) is 69.9 Å². The van der Waals surface area contributed by atoms with Crippen LogP contribution in [0.3, 0.4) is 0 Å². The van der Waals surface area contributed by atoms with E-state index in [1.165, 1.54) is 12.1 Å². The van der Waals surface area contributed by atoms with Crippen LogP contribution in [0.5, 0.6) is 5.88 Å². The van der Waals surface area contributed by atoms with Gasteiger partial charge in [-0.25, -0.2) is 22.8 Å². The molecule has 0 radical (unpaired) electrons. The van der Waals surface area contributed by atoms with Crippen molar-refractivity contribution in [1.82, 2.24) is 19.5 Å². The molecule has 1 unspecified atom stereocenters. The number of ether oxygens (including phenoxy) is 1. The van der Waals surface area contributed by atoms with Crippen LogP contribution >= 0.6 is 0 Å². The topological polar surface area (TPSA) is 106 Å². The predicted octanol–water partition coefficient (Wildman–Crippen LogP) is 4.58. The van der Waals surface area contributed by atoms with Crippen LogP contribution in [0.1, 0.15) is 63.7 Å². The number of benzene rings is 1. The third-order valence-electron chi connectivity index (χ3n) is 7.54. The van der Waals surface area contributed by atoms with Gasteiger partial charge in [-0.1, -0.05) is 38.5 Å². The van der Waals surface area contributed by atoms with E-state index in [4.69, 9.17) is 9.72 Å². The number of piperidine rings is 1. The molecule has 2 fully saturated rings. The SMILES string of the molecule is CC[C@H]1CC(C)(C)N(c2nc(-n3ccc(OC4CC4)n3)ccc2C(=O)NS(=O)(=O)c2ccccc2)CC1C. The van der Waals surface area contributed by atoms with Gasteiger partial charge in [-0.3, -0.25) is 4.79 Å². The fraction of sp³-hybridized carbons (Fsp3) is 0.464. The van der Waals surface area contributed by atoms with E-state index >= 15 is 0 Å². The highest BCUT2D eigenvalue weighted by Crippen LogP contribution is 2.40. The normalized spacial score (nSPS) is 21.2. The Labute approximate surface area is 224 Å². The largest absolute Gasteiger partial charge is 0.473 e. The first-order valence-corrected chi connectivity index (χ1v) is 14.7. The average molecular weight is 538 g/mol. The molecule has 9 nitrogen and oxygen atoms in total. The van der Waals surface area contributed by atoms with E-state index in [1.807, 2.05) is 0 Å². The molecule has 1 amide bonds. The second-order valence-corrected chi connectivity index (χ2v) is 12.7. The van der Waals surface area contributed by atoms with E-state index < -0.39 is 15.9 Å². The molecule has 2 aliphatic rings. The van der Waals surface area contributed by atoms with Gasteiger partial charge >= 0.3 is 0 Å². The van der Waals surface area contributed by atoms with Crippen molar-refractivity contribution in [2.24, 2.45) is 11.8 Å². The number of amides is 1. The molecule has 38 heavy (non-hydrogen) atoms. The van der Waals surface area contributed by atoms with Crippen molar-refractivity contribution in [3.05, 3.63) is 60.3 Å². The summed E-state index contributed by atoms with van der Waals surface area (Å²) < 4.78 is 35.6. The predicted molar refractivity (Wildman–Crippen MR) is 145 cm³/mol. The molecule has 1 saturated heterocycles. The number of carbonyl (C=O) groups excluding carboxylic acids is 1. The van der Waals surface area contributed by atoms with Crippen molar-refractivity contribution < 1.29 is 17.9 Å². The summed E-state index contributed by atoms with van der Waals surface area (Å²) in [6.45, 7) is 9.41. The lowest BCUT2D eigenvalue weighted by atomic mass is 9.75. The summed E-state index contributed by atoms with van der Waals surface area (Å²) >= 11 is 0. The molecule has 2 aromatic heterocycles. The number of anilines is 1. The third-order valence-corrected chi connectivity index (χ3v) is 8.89. The maximum atomic E-state index is 13.5. The summed E-state index contributed by atoms with van der Waals surface area (Å²) in [5, 5.41) is 4.51. The van der Waals surface area contributed by atoms with E-state index in [0.717, 1.165) is 25.7 Å². The second-order valence-electron chi connectivity index (χ2n) is 11.0. The quantitative estimate of drug-likeness (QED) is 0.448. The highest BCUT2D eigenvalue weighted by molar-refractivity contribution is 7.90. The minimum atomic E-state index is -4.05. The number of hydrogen-bond donors (Lipinski definition) is 1. The van der Waals surface area contributed by atoms with Gasteiger partial charge in [0.05, 0.1) is 10.5 Å². The van der Waals surface area contributed by atoms with E-state index in [0.29, 0.717) is 35.9 Å². The van der Waals surface area contributed by atoms with E-state index in [9.17, 15) is 13.2 Å². The van der Waals surface area contributed by atoms with Crippen LogP contribution in [0.2, 0.25) is 0 Å². The molecule has 1 saturated carbocycles. The zero-order valence-electron chi connectivity index (χ0n) is 22.3. The van der Waals surface area contributed by atoms with Crippen molar-refractivity contribution in [3.63, 3.8) is 0 Å². The van der Waals surface area contributed by atoms with Gasteiger partial charge in [-0.15, -0.1) is 5.10 Å². The molecule has 1 aliphatic heterocycles. The molecule has 5 rings (SSSR count). The fourth-order valence-corrected chi connectivity index (χ4v) is 6.18. The standard InChI is InChI=1S/C28H35N5O4S/c1-5-20-17-28(3,4)32(18-19(20)2)26-23(27(34)31-38(35,36)22-9-7-6-8-10-22)13-14-24(29-26)33-16-15-25(30-33)37-21-11-12-21/h6-10,13-16,19-21H,5,11-12,17-18H2,1-4H3,(H,31,34)/t19?,20-/m0/s1. The first-order chi connectivity index (χ1) is 18.1. The highest BCUT2D eigenvalue weighted by atomic mass is 32.2. The second kappa shape index (κ2) is 10.1. The van der Waals surface area contributed by atoms with Gasteiger partial charge in [0.15, 0.2) is 5.82 Å². The summed E-state index contributed by atoms with van der Waals surface area (Å²) in [6, 6.07) is 13.0. The van der Waals surface area contributed by atoms with Crippen molar-refractivity contribution in [1.29, 1.82) is 0 Å². The molecule has 1 aliphatic carbocycles. The lowest BCUT2D eigenvalue weighted by Gasteiger charge is -2.49. The summed E-state index contributed by atoms with van der Waals surface area (Å²) in [4.78, 5) is 20.6. The van der Waals surface area contributed by atoms with E-state index in [1.54, 1.807) is 47.3 Å². The van der Waals surface area contributed by atoms with Gasteiger partial charge in [0, 0.05) is 24.3 Å². The van der Waals surface area contributed by atoms with Gasteiger partial charge in [0.2, 0.25) is 5.88 Å². The Morgan fingerprint density at radius 3 is 2.55 bits per heavy atom. The van der Waals surface area contributed by atoms with Crippen LogP contribution in [-0.4, -0.2) is 47.3 Å². The molecule has 0 bridgehead atoms. The minimum absolute atomic E-state index is 0.0249. The van der Waals surface area contributed by atoms with Crippen LogP contribution in [0.4, 0.5) is 5.82 Å². The number of pyridine rings is 1. The van der Waals surface area contributed by atoms with Gasteiger partial charge in [0.25, 0.3) is 15.9 Å². The van der Waals surface area contributed by atoms with E-state index in [2.05, 4.69) is 42.4 Å². The number of carbonyl (C=O) groups is 1. The first kappa shape index (κ1) is 26.2. The van der Waals surface area contributed by atoms with Crippen molar-refractivity contribution in [2.75, 3.05) is 11.4 Å². The molecular weight excluding hydrogens is 502 g/mol. The minimum Gasteiger partial charge on any atom is -0.473 e. The highest BCUT2D eigenvalue weighted by Gasteiger charge is 2.40. The Kier molecular flexibility index (Phi) is 6.94. The zero-order chi connectivity index (χ0) is 27.1. The fourth-order valence-electron chi connectivity index (χ4n) is 5.20. The van der Waals surface area contributed by atoms with Crippen LogP contribution in [0, 0.1) is 11.8 Å². The van der Waals surface area contributed by atoms with Crippen molar-refractivity contribution in [3.8, 4) is 11.7 Å². The zero-order valence-corrected chi connectivity index (χ0v) is 23.1. The van der Waals surface area contributed by atoms with Gasteiger partial charge in [-0.2, -0.15) is 0 Å². The Hall–Kier alpha value is -3.40. The molecule has 0 spiro atoms. The summed E-state index contributed by atoms with van der Waals surface area (Å²) in [7, 11) is -4.05. The monoisotopic (exact) mass is 537 g/mol. The van der Waals surface area contributed by atoms with E-state index in [-0.39, 0.29) is 22.1 Å². The Morgan fingerprint density at radius 1 is 1.13 bits per heavy atom. The number of sulfonamides is 1. The summed E-state index contributed by atoms with van der Waals surface area (Å²) in [5.41, 5.74) is -0.0960. The lowest BCUT2D eigenvalue weighted by molar-refractivity contribution is 0.0980. The molecule has 1 aromatic carbocycles. The molecule has 1 N–H and O–H groups in total. The number of rotatable bonds is 8. The lowest BCUT2D eigenvalue weighted by Crippen LogP contribution is -2.54. The third kappa shape index (κ3) is 5.41. The summed E-state index contributed by atoms with van der Waals surface area (Å²) in [5.74, 6) is 1.70. The Balaban J connectivity index is 1.53. The van der Waals surface area contributed by atoms with Gasteiger partial charge < -0.3 is 9.64 Å². The number of nitrogens with one attached hydrogen (secondary N) is 1. The maximum Gasteiger partial charge on any atom is 0.268 e. The first-order valence-electron chi connectivity index (χ1n) is 13.2. The van der Waals surface area contributed by atoms with Crippen LogP contribution in [0.15, 0.2) is 59.6 Å². The van der Waals surface area contributed by atoms with Gasteiger partial charge in [-0.05, 0) is 69.2 Å². The smallest absolute Gasteiger partial charge is 0.268 e.